The number of carbonyl (C=O) groups is 2. The van der Waals surface area contributed by atoms with E-state index in [1.54, 1.807) is 0 Å². The van der Waals surface area contributed by atoms with E-state index in [4.69, 9.17) is 10.2 Å². The Hall–Kier alpha value is -1.69. The summed E-state index contributed by atoms with van der Waals surface area (Å²) < 4.78 is 0. The molecule has 0 bridgehead atoms. The number of carboxylic acid groups (broad SMARTS) is 2. The molecule has 1 aromatic carbocycles. The van der Waals surface area contributed by atoms with Crippen molar-refractivity contribution in [2.45, 2.75) is 31.4 Å². The number of thioether (sulfide) groups is 1. The topological polar surface area (TPSA) is 94.8 Å². The molecule has 1 rings (SSSR count). The van der Waals surface area contributed by atoms with Crippen LogP contribution in [0.3, 0.4) is 0 Å². The third-order valence-electron chi connectivity index (χ3n) is 2.87. The number of hydrogen-bond acceptors (Lipinski definition) is 4. The molecular formula is C14H18O5S. The fourth-order valence-corrected chi connectivity index (χ4v) is 2.78. The van der Waals surface area contributed by atoms with Crippen molar-refractivity contribution in [2.75, 3.05) is 5.75 Å². The van der Waals surface area contributed by atoms with Crippen LogP contribution in [0.5, 0.6) is 5.75 Å². The number of phenols is 1. The van der Waals surface area contributed by atoms with Gasteiger partial charge in [0.2, 0.25) is 0 Å². The lowest BCUT2D eigenvalue weighted by atomic mass is 10.1. The zero-order chi connectivity index (χ0) is 15.1. The Balaban J connectivity index is 2.42. The van der Waals surface area contributed by atoms with Crippen LogP contribution in [0.2, 0.25) is 0 Å². The number of rotatable bonds is 8. The predicted molar refractivity (Wildman–Crippen MR) is 77.3 cm³/mol. The third-order valence-corrected chi connectivity index (χ3v) is 4.16. The molecule has 0 amide bonds. The van der Waals surface area contributed by atoms with Crippen molar-refractivity contribution >= 4 is 23.7 Å². The Morgan fingerprint density at radius 1 is 1.30 bits per heavy atom. The van der Waals surface area contributed by atoms with E-state index in [2.05, 4.69) is 0 Å². The van der Waals surface area contributed by atoms with Crippen molar-refractivity contribution in [3.05, 3.63) is 29.3 Å². The Labute approximate surface area is 121 Å². The van der Waals surface area contributed by atoms with Crippen molar-refractivity contribution in [1.82, 2.24) is 0 Å². The van der Waals surface area contributed by atoms with Crippen molar-refractivity contribution < 1.29 is 24.9 Å². The van der Waals surface area contributed by atoms with Gasteiger partial charge in [0.1, 0.15) is 11.0 Å². The van der Waals surface area contributed by atoms with Gasteiger partial charge in [-0.15, -0.1) is 11.8 Å². The van der Waals surface area contributed by atoms with Gasteiger partial charge in [-0.25, -0.2) is 0 Å². The summed E-state index contributed by atoms with van der Waals surface area (Å²) in [5.41, 5.74) is 1.64. The molecule has 1 aromatic rings. The van der Waals surface area contributed by atoms with Crippen LogP contribution < -0.4 is 0 Å². The van der Waals surface area contributed by atoms with E-state index in [0.29, 0.717) is 18.6 Å². The number of benzene rings is 1. The summed E-state index contributed by atoms with van der Waals surface area (Å²) in [6.07, 6.45) is 0.945. The average Bonchev–Trinajstić information content (AvgIpc) is 2.37. The van der Waals surface area contributed by atoms with Crippen molar-refractivity contribution in [3.63, 3.8) is 0 Å². The molecule has 0 heterocycles. The second kappa shape index (κ2) is 7.79. The molecule has 0 saturated carbocycles. The van der Waals surface area contributed by atoms with Gasteiger partial charge in [-0.05, 0) is 36.6 Å². The highest BCUT2D eigenvalue weighted by Gasteiger charge is 2.21. The SMILES string of the molecule is Cc1cccc(CCCSC(CC(=O)O)C(=O)O)c1O. The molecule has 0 saturated heterocycles. The van der Waals surface area contributed by atoms with E-state index in [1.165, 1.54) is 0 Å². The summed E-state index contributed by atoms with van der Waals surface area (Å²) in [5.74, 6) is -1.40. The first-order valence-electron chi connectivity index (χ1n) is 6.25. The molecule has 0 aliphatic heterocycles. The quantitative estimate of drug-likeness (QED) is 0.637. The van der Waals surface area contributed by atoms with Gasteiger partial charge in [0.15, 0.2) is 0 Å². The van der Waals surface area contributed by atoms with E-state index in [9.17, 15) is 14.7 Å². The van der Waals surface area contributed by atoms with Gasteiger partial charge in [-0.3, -0.25) is 9.59 Å². The highest BCUT2D eigenvalue weighted by Crippen LogP contribution is 2.24. The molecule has 0 aliphatic carbocycles. The highest BCUT2D eigenvalue weighted by atomic mass is 32.2. The summed E-state index contributed by atoms with van der Waals surface area (Å²) in [5, 5.41) is 26.4. The number of para-hydroxylation sites is 1. The average molecular weight is 298 g/mol. The maximum Gasteiger partial charge on any atom is 0.317 e. The number of phenolic OH excluding ortho intramolecular Hbond substituents is 1. The number of carboxylic acids is 2. The summed E-state index contributed by atoms with van der Waals surface area (Å²) in [6, 6.07) is 5.52. The van der Waals surface area contributed by atoms with Crippen molar-refractivity contribution in [3.8, 4) is 5.75 Å². The van der Waals surface area contributed by atoms with Crippen molar-refractivity contribution in [2.24, 2.45) is 0 Å². The lowest BCUT2D eigenvalue weighted by Crippen LogP contribution is -2.20. The summed E-state index contributed by atoms with van der Waals surface area (Å²) in [6.45, 7) is 1.82. The van der Waals surface area contributed by atoms with E-state index in [0.717, 1.165) is 22.9 Å². The second-order valence-electron chi connectivity index (χ2n) is 4.48. The van der Waals surface area contributed by atoms with E-state index < -0.39 is 17.2 Å². The van der Waals surface area contributed by atoms with Crippen LogP contribution in [0.15, 0.2) is 18.2 Å². The largest absolute Gasteiger partial charge is 0.507 e. The molecule has 0 aliphatic rings. The molecule has 20 heavy (non-hydrogen) atoms. The van der Waals surface area contributed by atoms with Gasteiger partial charge in [0, 0.05) is 0 Å². The minimum absolute atomic E-state index is 0.276. The molecule has 0 spiro atoms. The minimum Gasteiger partial charge on any atom is -0.507 e. The molecule has 3 N–H and O–H groups in total. The first-order valence-corrected chi connectivity index (χ1v) is 7.30. The van der Waals surface area contributed by atoms with E-state index >= 15 is 0 Å². The van der Waals surface area contributed by atoms with E-state index in [1.807, 2.05) is 25.1 Å². The third kappa shape index (κ3) is 5.13. The normalized spacial score (nSPS) is 12.1. The standard InChI is InChI=1S/C14H18O5S/c1-9-4-2-5-10(13(9)17)6-3-7-20-11(14(18)19)8-12(15)16/h2,4-5,11,17H,3,6-8H2,1H3,(H,15,16)(H,18,19). The molecule has 0 fully saturated rings. The van der Waals surface area contributed by atoms with Gasteiger partial charge in [0.25, 0.3) is 0 Å². The van der Waals surface area contributed by atoms with Gasteiger partial charge in [-0.2, -0.15) is 0 Å². The van der Waals surface area contributed by atoms with Crippen molar-refractivity contribution in [1.29, 1.82) is 0 Å². The van der Waals surface area contributed by atoms with Gasteiger partial charge >= 0.3 is 11.9 Å². The van der Waals surface area contributed by atoms with Crippen LogP contribution in [0, 0.1) is 6.92 Å². The lowest BCUT2D eigenvalue weighted by Gasteiger charge is -2.10. The van der Waals surface area contributed by atoms with E-state index in [-0.39, 0.29) is 12.2 Å². The molecule has 5 nitrogen and oxygen atoms in total. The summed E-state index contributed by atoms with van der Waals surface area (Å²) in [4.78, 5) is 21.4. The number of aryl methyl sites for hydroxylation is 2. The Morgan fingerprint density at radius 2 is 2.00 bits per heavy atom. The van der Waals surface area contributed by atoms with Gasteiger partial charge < -0.3 is 15.3 Å². The maximum absolute atomic E-state index is 10.9. The monoisotopic (exact) mass is 298 g/mol. The summed E-state index contributed by atoms with van der Waals surface area (Å²) >= 11 is 1.13. The van der Waals surface area contributed by atoms with Crippen LogP contribution in [0.25, 0.3) is 0 Å². The highest BCUT2D eigenvalue weighted by molar-refractivity contribution is 8.00. The van der Waals surface area contributed by atoms with Gasteiger partial charge in [0.05, 0.1) is 6.42 Å². The Kier molecular flexibility index (Phi) is 6.38. The van der Waals surface area contributed by atoms with Crippen LogP contribution in [-0.2, 0) is 16.0 Å². The zero-order valence-electron chi connectivity index (χ0n) is 11.2. The maximum atomic E-state index is 10.9. The lowest BCUT2D eigenvalue weighted by molar-refractivity contribution is -0.142. The molecule has 1 atom stereocenters. The number of aromatic hydroxyl groups is 1. The summed E-state index contributed by atoms with van der Waals surface area (Å²) in [7, 11) is 0. The molecule has 6 heteroatoms. The van der Waals surface area contributed by atoms with Crippen LogP contribution >= 0.6 is 11.8 Å². The Bertz CT molecular complexity index is 486. The zero-order valence-corrected chi connectivity index (χ0v) is 12.0. The van der Waals surface area contributed by atoms with Crippen LogP contribution in [0.4, 0.5) is 0 Å². The Morgan fingerprint density at radius 3 is 2.60 bits per heavy atom. The molecular weight excluding hydrogens is 280 g/mol. The van der Waals surface area contributed by atoms with Gasteiger partial charge in [-0.1, -0.05) is 18.2 Å². The predicted octanol–water partition coefficient (Wildman–Crippen LogP) is 2.29. The number of hydrogen-bond donors (Lipinski definition) is 3. The smallest absolute Gasteiger partial charge is 0.317 e. The second-order valence-corrected chi connectivity index (χ2v) is 5.79. The fourth-order valence-electron chi connectivity index (χ4n) is 1.79. The first-order chi connectivity index (χ1) is 9.41. The molecule has 0 aromatic heterocycles. The molecule has 110 valence electrons. The molecule has 1 unspecified atom stereocenters. The van der Waals surface area contributed by atoms with Crippen LogP contribution in [0.1, 0.15) is 24.0 Å². The first kappa shape index (κ1) is 16.4. The number of aliphatic carboxylic acids is 2. The fraction of sp³-hybridized carbons (Fsp3) is 0.429. The molecule has 0 radical (unpaired) electrons. The van der Waals surface area contributed by atoms with Crippen LogP contribution in [-0.4, -0.2) is 38.3 Å². The minimum atomic E-state index is -1.11.